The van der Waals surface area contributed by atoms with Gasteiger partial charge in [-0.1, -0.05) is 27.7 Å². The maximum atomic E-state index is 12.1. The van der Waals surface area contributed by atoms with Crippen molar-refractivity contribution < 1.29 is 14.7 Å². The van der Waals surface area contributed by atoms with E-state index in [1.165, 1.54) is 0 Å². The molecule has 5 nitrogen and oxygen atoms in total. The van der Waals surface area contributed by atoms with Crippen LogP contribution in [0.25, 0.3) is 0 Å². The molecule has 0 atom stereocenters. The van der Waals surface area contributed by atoms with Gasteiger partial charge in [-0.05, 0) is 44.4 Å². The second-order valence-electron chi connectivity index (χ2n) is 8.39. The summed E-state index contributed by atoms with van der Waals surface area (Å²) in [5.41, 5.74) is -1.47. The normalized spacial score (nSPS) is 20.8. The molecule has 0 aromatic rings. The van der Waals surface area contributed by atoms with Crippen molar-refractivity contribution in [1.82, 2.24) is 10.6 Å². The maximum Gasteiger partial charge on any atom is 0.315 e. The van der Waals surface area contributed by atoms with Gasteiger partial charge in [0.2, 0.25) is 0 Å². The van der Waals surface area contributed by atoms with Gasteiger partial charge in [0.15, 0.2) is 0 Å². The van der Waals surface area contributed by atoms with Crippen molar-refractivity contribution >= 4 is 12.0 Å². The Morgan fingerprint density at radius 2 is 1.48 bits per heavy atom. The average Bonchev–Trinajstić information content (AvgIpc) is 2.65. The average molecular weight is 298 g/mol. The van der Waals surface area contributed by atoms with Gasteiger partial charge >= 0.3 is 12.0 Å². The highest BCUT2D eigenvalue weighted by atomic mass is 16.4. The highest BCUT2D eigenvalue weighted by molar-refractivity contribution is 5.79. The van der Waals surface area contributed by atoms with Crippen LogP contribution in [-0.4, -0.2) is 29.2 Å². The summed E-state index contributed by atoms with van der Waals surface area (Å²) in [4.78, 5) is 23.4. The zero-order chi connectivity index (χ0) is 16.9. The van der Waals surface area contributed by atoms with Gasteiger partial charge in [-0.2, -0.15) is 0 Å². The smallest absolute Gasteiger partial charge is 0.315 e. The number of rotatable bonds is 5. The van der Waals surface area contributed by atoms with E-state index in [9.17, 15) is 14.7 Å². The Morgan fingerprint density at radius 1 is 1.05 bits per heavy atom. The summed E-state index contributed by atoms with van der Waals surface area (Å²) in [5.74, 6) is -0.497. The Hall–Kier alpha value is -1.26. The lowest BCUT2D eigenvalue weighted by atomic mass is 9.74. The number of nitrogens with one attached hydrogen (secondary N) is 2. The molecule has 0 bridgehead atoms. The standard InChI is InChI=1S/C16H30N2O3/c1-13(2)10(14(13,3)4)9-17-12(21)18-16(7,8)15(5,6)11(19)20/h10H,9H2,1-8H3,(H,19,20)(H2,17,18,21). The van der Waals surface area contributed by atoms with Gasteiger partial charge in [0.1, 0.15) is 0 Å². The molecule has 0 saturated heterocycles. The summed E-state index contributed by atoms with van der Waals surface area (Å²) < 4.78 is 0. The Morgan fingerprint density at radius 3 is 1.81 bits per heavy atom. The topological polar surface area (TPSA) is 78.4 Å². The molecule has 0 radical (unpaired) electrons. The molecule has 0 aromatic heterocycles. The van der Waals surface area contributed by atoms with Gasteiger partial charge in [-0.15, -0.1) is 0 Å². The Balaban J connectivity index is 2.58. The lowest BCUT2D eigenvalue weighted by molar-refractivity contribution is -0.150. The third-order valence-electron chi connectivity index (χ3n) is 6.31. The van der Waals surface area contributed by atoms with E-state index in [4.69, 9.17) is 0 Å². The van der Waals surface area contributed by atoms with E-state index in [0.717, 1.165) is 0 Å². The Bertz CT molecular complexity index is 436. The molecule has 0 aromatic carbocycles. The van der Waals surface area contributed by atoms with Crippen LogP contribution in [0.4, 0.5) is 4.79 Å². The molecule has 1 aliphatic rings. The Kier molecular flexibility index (Phi) is 4.14. The molecular weight excluding hydrogens is 268 g/mol. The van der Waals surface area contributed by atoms with Crippen LogP contribution in [-0.2, 0) is 4.79 Å². The lowest BCUT2D eigenvalue weighted by Crippen LogP contribution is -2.59. The molecule has 1 aliphatic carbocycles. The molecule has 0 heterocycles. The summed E-state index contributed by atoms with van der Waals surface area (Å²) in [6.07, 6.45) is 0. The highest BCUT2D eigenvalue weighted by Gasteiger charge is 2.64. The molecule has 3 N–H and O–H groups in total. The minimum Gasteiger partial charge on any atom is -0.481 e. The van der Waals surface area contributed by atoms with Crippen molar-refractivity contribution in [2.24, 2.45) is 22.2 Å². The first kappa shape index (κ1) is 17.8. The molecule has 2 amide bonds. The summed E-state index contributed by atoms with van der Waals surface area (Å²) in [5, 5.41) is 14.9. The third-order valence-corrected chi connectivity index (χ3v) is 6.31. The van der Waals surface area contributed by atoms with E-state index in [2.05, 4.69) is 38.3 Å². The van der Waals surface area contributed by atoms with Crippen molar-refractivity contribution in [3.63, 3.8) is 0 Å². The molecule has 0 aliphatic heterocycles. The summed E-state index contributed by atoms with van der Waals surface area (Å²) in [7, 11) is 0. The summed E-state index contributed by atoms with van der Waals surface area (Å²) in [6, 6.07) is -0.312. The van der Waals surface area contributed by atoms with Crippen molar-refractivity contribution in [1.29, 1.82) is 0 Å². The SMILES string of the molecule is CC(C)(NC(=O)NCC1C(C)(C)C1(C)C)C(C)(C)C(=O)O. The fourth-order valence-corrected chi connectivity index (χ4v) is 2.79. The van der Waals surface area contributed by atoms with Crippen LogP contribution < -0.4 is 10.6 Å². The van der Waals surface area contributed by atoms with Gasteiger partial charge in [-0.3, -0.25) is 4.79 Å². The van der Waals surface area contributed by atoms with Gasteiger partial charge in [0.25, 0.3) is 0 Å². The number of carboxylic acid groups (broad SMARTS) is 1. The molecule has 1 fully saturated rings. The second kappa shape index (κ2) is 4.89. The quantitative estimate of drug-likeness (QED) is 0.730. The number of hydrogen-bond donors (Lipinski definition) is 3. The number of carboxylic acids is 1. The molecule has 21 heavy (non-hydrogen) atoms. The van der Waals surface area contributed by atoms with Crippen molar-refractivity contribution in [2.75, 3.05) is 6.54 Å². The van der Waals surface area contributed by atoms with Crippen LogP contribution in [0.3, 0.4) is 0 Å². The lowest BCUT2D eigenvalue weighted by Gasteiger charge is -2.38. The minimum atomic E-state index is -1.05. The van der Waals surface area contributed by atoms with E-state index in [0.29, 0.717) is 12.5 Å². The summed E-state index contributed by atoms with van der Waals surface area (Å²) in [6.45, 7) is 16.1. The summed E-state index contributed by atoms with van der Waals surface area (Å²) >= 11 is 0. The molecular formula is C16H30N2O3. The molecule has 122 valence electrons. The third kappa shape index (κ3) is 2.87. The molecule has 5 heteroatoms. The van der Waals surface area contributed by atoms with Crippen molar-refractivity contribution in [3.8, 4) is 0 Å². The first-order chi connectivity index (χ1) is 9.18. The molecule has 1 saturated carbocycles. The van der Waals surface area contributed by atoms with Crippen LogP contribution in [0.5, 0.6) is 0 Å². The maximum absolute atomic E-state index is 12.1. The number of hydrogen-bond acceptors (Lipinski definition) is 2. The second-order valence-corrected chi connectivity index (χ2v) is 8.39. The first-order valence-corrected chi connectivity index (χ1v) is 7.47. The van der Waals surface area contributed by atoms with Gasteiger partial charge in [-0.25, -0.2) is 4.79 Å². The number of carbonyl (C=O) groups excluding carboxylic acids is 1. The number of carbonyl (C=O) groups is 2. The number of aliphatic carboxylic acids is 1. The van der Waals surface area contributed by atoms with Crippen LogP contribution in [0, 0.1) is 22.2 Å². The van der Waals surface area contributed by atoms with Crippen molar-refractivity contribution in [3.05, 3.63) is 0 Å². The molecule has 0 unspecified atom stereocenters. The van der Waals surface area contributed by atoms with Gasteiger partial charge in [0, 0.05) is 6.54 Å². The predicted molar refractivity (Wildman–Crippen MR) is 83.1 cm³/mol. The molecule has 0 spiro atoms. The van der Waals surface area contributed by atoms with Crippen molar-refractivity contribution in [2.45, 2.75) is 60.9 Å². The van der Waals surface area contributed by atoms with E-state index >= 15 is 0 Å². The number of amides is 2. The van der Waals surface area contributed by atoms with Gasteiger partial charge in [0.05, 0.1) is 11.0 Å². The number of urea groups is 1. The van der Waals surface area contributed by atoms with Gasteiger partial charge < -0.3 is 15.7 Å². The van der Waals surface area contributed by atoms with Crippen LogP contribution in [0.15, 0.2) is 0 Å². The highest BCUT2D eigenvalue weighted by Crippen LogP contribution is 2.67. The fraction of sp³-hybridized carbons (Fsp3) is 0.875. The van der Waals surface area contributed by atoms with E-state index in [1.807, 2.05) is 0 Å². The zero-order valence-electron chi connectivity index (χ0n) is 14.5. The first-order valence-electron chi connectivity index (χ1n) is 7.47. The van der Waals surface area contributed by atoms with Crippen LogP contribution in [0.1, 0.15) is 55.4 Å². The van der Waals surface area contributed by atoms with E-state index in [1.54, 1.807) is 27.7 Å². The Labute approximate surface area is 127 Å². The van der Waals surface area contributed by atoms with Crippen LogP contribution >= 0.6 is 0 Å². The van der Waals surface area contributed by atoms with E-state index < -0.39 is 16.9 Å². The predicted octanol–water partition coefficient (Wildman–Crippen LogP) is 2.86. The van der Waals surface area contributed by atoms with Crippen LogP contribution in [0.2, 0.25) is 0 Å². The largest absolute Gasteiger partial charge is 0.481 e. The fourth-order valence-electron chi connectivity index (χ4n) is 2.79. The molecule has 1 rings (SSSR count). The zero-order valence-corrected chi connectivity index (χ0v) is 14.5. The van der Waals surface area contributed by atoms with E-state index in [-0.39, 0.29) is 16.9 Å². The minimum absolute atomic E-state index is 0.218. The monoisotopic (exact) mass is 298 g/mol.